The Bertz CT molecular complexity index is 815. The smallest absolute Gasteiger partial charge is 0.245 e. The zero-order valence-corrected chi connectivity index (χ0v) is 12.9. The summed E-state index contributed by atoms with van der Waals surface area (Å²) in [7, 11) is 1.51. The molecule has 3 rings (SSSR count). The van der Waals surface area contributed by atoms with Crippen molar-refractivity contribution in [2.45, 2.75) is 24.5 Å². The molecule has 1 saturated heterocycles. The zero-order valence-electron chi connectivity index (χ0n) is 12.9. The van der Waals surface area contributed by atoms with Crippen LogP contribution >= 0.6 is 0 Å². The number of hydrogen-bond acceptors (Lipinski definition) is 6. The number of nitrogens with one attached hydrogen (secondary N) is 1. The average Bonchev–Trinajstić information content (AvgIpc) is 2.83. The number of fused-ring (bicyclic) bond motifs is 2. The van der Waals surface area contributed by atoms with E-state index in [1.807, 2.05) is 18.2 Å². The van der Waals surface area contributed by atoms with E-state index >= 15 is 0 Å². The summed E-state index contributed by atoms with van der Waals surface area (Å²) in [4.78, 5) is 12.4. The number of hydrogen-bond donors (Lipinski definition) is 2. The minimum atomic E-state index is -1.91. The van der Waals surface area contributed by atoms with E-state index < -0.39 is 28.4 Å². The maximum absolute atomic E-state index is 12.4. The van der Waals surface area contributed by atoms with Gasteiger partial charge in [0.1, 0.15) is 11.5 Å². The second kappa shape index (κ2) is 4.96. The van der Waals surface area contributed by atoms with Gasteiger partial charge in [0.2, 0.25) is 5.91 Å². The van der Waals surface area contributed by atoms with Gasteiger partial charge in [0.05, 0.1) is 25.3 Å². The molecule has 2 N–H and O–H groups in total. The lowest BCUT2D eigenvalue weighted by Gasteiger charge is -2.43. The van der Waals surface area contributed by atoms with Gasteiger partial charge in [0.15, 0.2) is 10.8 Å². The van der Waals surface area contributed by atoms with E-state index in [1.54, 1.807) is 24.3 Å². The highest BCUT2D eigenvalue weighted by molar-refractivity contribution is 5.91. The monoisotopic (exact) mass is 322 g/mol. The maximum atomic E-state index is 12.4. The van der Waals surface area contributed by atoms with Crippen LogP contribution in [-0.4, -0.2) is 23.8 Å². The molecule has 1 aliphatic carbocycles. The van der Waals surface area contributed by atoms with E-state index in [0.717, 1.165) is 0 Å². The molecule has 7 nitrogen and oxygen atoms in total. The third kappa shape index (κ3) is 1.75. The minimum Gasteiger partial charge on any atom is -0.497 e. The molecule has 0 unspecified atom stereocenters. The summed E-state index contributed by atoms with van der Waals surface area (Å²) in [5, 5.41) is 42.2. The van der Waals surface area contributed by atoms with Crippen molar-refractivity contribution in [2.24, 2.45) is 10.8 Å². The molecular weight excluding hydrogens is 308 g/mol. The number of ether oxygens (including phenoxy) is 1. The molecule has 1 heterocycles. The van der Waals surface area contributed by atoms with Crippen molar-refractivity contribution in [3.05, 3.63) is 29.8 Å². The lowest BCUT2D eigenvalue weighted by Crippen LogP contribution is -2.52. The van der Waals surface area contributed by atoms with Gasteiger partial charge in [-0.15, -0.1) is 0 Å². The van der Waals surface area contributed by atoms with Crippen LogP contribution in [0.15, 0.2) is 24.3 Å². The molecule has 2 fully saturated rings. The van der Waals surface area contributed by atoms with Crippen molar-refractivity contribution < 1.29 is 14.6 Å². The Morgan fingerprint density at radius 1 is 1.21 bits per heavy atom. The van der Waals surface area contributed by atoms with Crippen LogP contribution in [0.1, 0.15) is 24.3 Å². The van der Waals surface area contributed by atoms with Gasteiger partial charge < -0.3 is 15.2 Å². The third-order valence-corrected chi connectivity index (χ3v) is 5.09. The lowest BCUT2D eigenvalue weighted by atomic mass is 9.51. The molecule has 1 saturated carbocycles. The highest BCUT2D eigenvalue weighted by atomic mass is 16.5. The summed E-state index contributed by atoms with van der Waals surface area (Å²) < 4.78 is 5.10. The van der Waals surface area contributed by atoms with Crippen LogP contribution < -0.4 is 10.1 Å². The zero-order chi connectivity index (χ0) is 17.6. The fraction of sp³-hybridized carbons (Fsp3) is 0.412. The minimum absolute atomic E-state index is 0.0182. The summed E-state index contributed by atoms with van der Waals surface area (Å²) in [6, 6.07) is 12.4. The number of rotatable bonds is 2. The summed E-state index contributed by atoms with van der Waals surface area (Å²) >= 11 is 0. The first-order valence-electron chi connectivity index (χ1n) is 7.33. The van der Waals surface area contributed by atoms with Crippen LogP contribution in [0, 0.1) is 44.8 Å². The Kier molecular flexibility index (Phi) is 3.27. The van der Waals surface area contributed by atoms with Crippen molar-refractivity contribution in [3.63, 3.8) is 0 Å². The molecule has 1 amide bonds. The van der Waals surface area contributed by atoms with Gasteiger partial charge in [-0.05, 0) is 17.7 Å². The topological polar surface area (TPSA) is 130 Å². The standard InChI is InChI=1S/C17H14N4O3/c1-24-12-4-2-11(3-5-12)13-6-17(23)7-15(8-18,14(22)21-17)16(13,9-19)10-20/h2-5,13,23H,6-7H2,1H3,(H,21,22)/t13-,15-,17+/m1/s1. The maximum Gasteiger partial charge on any atom is 0.245 e. The average molecular weight is 322 g/mol. The fourth-order valence-corrected chi connectivity index (χ4v) is 3.87. The lowest BCUT2D eigenvalue weighted by molar-refractivity contribution is -0.128. The molecule has 0 aromatic heterocycles. The second-order valence-electron chi connectivity index (χ2n) is 6.24. The van der Waals surface area contributed by atoms with Gasteiger partial charge in [-0.3, -0.25) is 4.79 Å². The van der Waals surface area contributed by atoms with Gasteiger partial charge in [-0.1, -0.05) is 12.1 Å². The Labute approximate surface area is 138 Å². The second-order valence-corrected chi connectivity index (χ2v) is 6.24. The van der Waals surface area contributed by atoms with Crippen molar-refractivity contribution in [2.75, 3.05) is 7.11 Å². The number of methoxy groups -OCH3 is 1. The molecule has 1 aromatic carbocycles. The quantitative estimate of drug-likeness (QED) is 0.833. The van der Waals surface area contributed by atoms with Gasteiger partial charge in [0.25, 0.3) is 0 Å². The van der Waals surface area contributed by atoms with Gasteiger partial charge in [-0.25, -0.2) is 0 Å². The van der Waals surface area contributed by atoms with Crippen molar-refractivity contribution in [3.8, 4) is 24.0 Å². The molecule has 0 radical (unpaired) electrons. The number of nitrogens with zero attached hydrogens (tertiary/aromatic N) is 3. The number of benzene rings is 1. The van der Waals surface area contributed by atoms with Crippen LogP contribution in [0.2, 0.25) is 0 Å². The molecule has 2 bridgehead atoms. The molecular formula is C17H14N4O3. The van der Waals surface area contributed by atoms with Crippen molar-refractivity contribution >= 4 is 5.91 Å². The van der Waals surface area contributed by atoms with Crippen LogP contribution in [0.4, 0.5) is 0 Å². The molecule has 1 aliphatic heterocycles. The normalized spacial score (nSPS) is 32.8. The van der Waals surface area contributed by atoms with E-state index in [4.69, 9.17) is 4.74 Å². The summed E-state index contributed by atoms with van der Waals surface area (Å²) in [5.41, 5.74) is -4.81. The Balaban J connectivity index is 2.22. The van der Waals surface area contributed by atoms with E-state index in [2.05, 4.69) is 5.32 Å². The van der Waals surface area contributed by atoms with E-state index in [-0.39, 0.29) is 12.8 Å². The van der Waals surface area contributed by atoms with Crippen LogP contribution in [-0.2, 0) is 4.79 Å². The van der Waals surface area contributed by atoms with E-state index in [1.165, 1.54) is 7.11 Å². The van der Waals surface area contributed by atoms with Gasteiger partial charge >= 0.3 is 0 Å². The van der Waals surface area contributed by atoms with Crippen LogP contribution in [0.5, 0.6) is 5.75 Å². The van der Waals surface area contributed by atoms with E-state index in [9.17, 15) is 25.7 Å². The molecule has 1 aromatic rings. The van der Waals surface area contributed by atoms with Gasteiger partial charge in [0, 0.05) is 18.8 Å². The molecule has 2 aliphatic rings. The number of aliphatic hydroxyl groups is 1. The number of carbonyl (C=O) groups is 1. The first-order chi connectivity index (χ1) is 11.4. The Hall–Kier alpha value is -3.08. The largest absolute Gasteiger partial charge is 0.497 e. The highest BCUT2D eigenvalue weighted by Gasteiger charge is 2.73. The molecule has 0 spiro atoms. The predicted octanol–water partition coefficient (Wildman–Crippen LogP) is 0.935. The molecule has 3 atom stereocenters. The summed E-state index contributed by atoms with van der Waals surface area (Å²) in [6.07, 6.45) is -0.293. The fourth-order valence-electron chi connectivity index (χ4n) is 3.87. The molecule has 24 heavy (non-hydrogen) atoms. The predicted molar refractivity (Wildman–Crippen MR) is 79.8 cm³/mol. The van der Waals surface area contributed by atoms with Crippen LogP contribution in [0.25, 0.3) is 0 Å². The molecule has 7 heteroatoms. The number of amides is 1. The number of nitriles is 3. The SMILES string of the molecule is COc1ccc([C@H]2C[C@]3(O)C[C@@](C#N)(C(=O)N3)C2(C#N)C#N)cc1. The van der Waals surface area contributed by atoms with Crippen molar-refractivity contribution in [1.29, 1.82) is 15.8 Å². The first-order valence-corrected chi connectivity index (χ1v) is 7.33. The third-order valence-electron chi connectivity index (χ3n) is 5.09. The summed E-state index contributed by atoms with van der Waals surface area (Å²) in [6.45, 7) is 0. The number of carbonyl (C=O) groups excluding carboxylic acids is 1. The molecule has 120 valence electrons. The van der Waals surface area contributed by atoms with Crippen molar-refractivity contribution in [1.82, 2.24) is 5.32 Å². The summed E-state index contributed by atoms with van der Waals surface area (Å²) in [5.74, 6) is -0.970. The Morgan fingerprint density at radius 3 is 2.33 bits per heavy atom. The Morgan fingerprint density at radius 2 is 1.83 bits per heavy atom. The van der Waals surface area contributed by atoms with Gasteiger partial charge in [-0.2, -0.15) is 15.8 Å². The first kappa shape index (κ1) is 15.8. The van der Waals surface area contributed by atoms with Crippen LogP contribution in [0.3, 0.4) is 0 Å². The highest BCUT2D eigenvalue weighted by Crippen LogP contribution is 2.62. The van der Waals surface area contributed by atoms with E-state index in [0.29, 0.717) is 11.3 Å².